The second-order valence-electron chi connectivity index (χ2n) is 3.94. The Labute approximate surface area is 105 Å². The number of hydrogen-bond donors (Lipinski definition) is 2. The van der Waals surface area contributed by atoms with Crippen LogP contribution >= 0.6 is 0 Å². The second kappa shape index (κ2) is 5.40. The molecule has 2 aromatic rings. The first kappa shape index (κ1) is 12.2. The summed E-state index contributed by atoms with van der Waals surface area (Å²) >= 11 is 0. The molecule has 94 valence electrons. The van der Waals surface area contributed by atoms with E-state index >= 15 is 0 Å². The van der Waals surface area contributed by atoms with E-state index in [9.17, 15) is 4.39 Å². The molecule has 0 amide bonds. The summed E-state index contributed by atoms with van der Waals surface area (Å²) in [6.07, 6.45) is 0. The lowest BCUT2D eigenvalue weighted by atomic mass is 10.2. The number of nitrogens with one attached hydrogen (secondary N) is 1. The number of nitrogen functional groups attached to an aromatic ring is 1. The van der Waals surface area contributed by atoms with E-state index in [0.717, 1.165) is 17.0 Å². The zero-order chi connectivity index (χ0) is 13.0. The molecule has 2 rings (SSSR count). The lowest BCUT2D eigenvalue weighted by molar-refractivity contribution is 0.416. The van der Waals surface area contributed by atoms with Gasteiger partial charge in [-0.2, -0.15) is 0 Å². The Morgan fingerprint density at radius 3 is 2.56 bits per heavy atom. The van der Waals surface area contributed by atoms with Crippen molar-refractivity contribution < 1.29 is 9.13 Å². The highest BCUT2D eigenvalue weighted by Crippen LogP contribution is 2.26. The Bertz CT molecular complexity index is 526. The van der Waals surface area contributed by atoms with E-state index in [1.54, 1.807) is 25.3 Å². The van der Waals surface area contributed by atoms with Crippen LogP contribution in [0.15, 0.2) is 42.5 Å². The fraction of sp³-hybridized carbons (Fsp3) is 0.143. The predicted octanol–water partition coefficient (Wildman–Crippen LogP) is 3.03. The largest absolute Gasteiger partial charge is 0.495 e. The third-order valence-corrected chi connectivity index (χ3v) is 2.62. The smallest absolute Gasteiger partial charge is 0.142 e. The molecule has 3 N–H and O–H groups in total. The number of halogens is 1. The normalized spacial score (nSPS) is 10.1. The second-order valence-corrected chi connectivity index (χ2v) is 3.94. The molecule has 0 aliphatic carbocycles. The first-order chi connectivity index (χ1) is 8.69. The first-order valence-corrected chi connectivity index (χ1v) is 5.61. The summed E-state index contributed by atoms with van der Waals surface area (Å²) < 4.78 is 18.0. The monoisotopic (exact) mass is 246 g/mol. The molecule has 4 heteroatoms. The van der Waals surface area contributed by atoms with Gasteiger partial charge < -0.3 is 15.8 Å². The van der Waals surface area contributed by atoms with Crippen LogP contribution in [-0.2, 0) is 6.54 Å². The van der Waals surface area contributed by atoms with Crippen molar-refractivity contribution >= 4 is 11.4 Å². The molecule has 3 nitrogen and oxygen atoms in total. The fourth-order valence-corrected chi connectivity index (χ4v) is 1.66. The topological polar surface area (TPSA) is 47.3 Å². The molecule has 0 fully saturated rings. The van der Waals surface area contributed by atoms with Crippen molar-refractivity contribution in [1.29, 1.82) is 0 Å². The average Bonchev–Trinajstić information content (AvgIpc) is 2.38. The lowest BCUT2D eigenvalue weighted by Crippen LogP contribution is -2.02. The van der Waals surface area contributed by atoms with E-state index < -0.39 is 0 Å². The average molecular weight is 246 g/mol. The Morgan fingerprint density at radius 2 is 1.89 bits per heavy atom. The Kier molecular flexibility index (Phi) is 3.67. The molecule has 0 aromatic heterocycles. The lowest BCUT2D eigenvalue weighted by Gasteiger charge is -2.11. The molecule has 0 heterocycles. The van der Waals surface area contributed by atoms with Crippen LogP contribution in [0.5, 0.6) is 5.75 Å². The van der Waals surface area contributed by atoms with Crippen molar-refractivity contribution in [3.05, 3.63) is 53.8 Å². The number of rotatable bonds is 4. The predicted molar refractivity (Wildman–Crippen MR) is 71.1 cm³/mol. The summed E-state index contributed by atoms with van der Waals surface area (Å²) in [4.78, 5) is 0. The van der Waals surface area contributed by atoms with Gasteiger partial charge >= 0.3 is 0 Å². The van der Waals surface area contributed by atoms with E-state index in [2.05, 4.69) is 5.32 Å². The minimum absolute atomic E-state index is 0.236. The van der Waals surface area contributed by atoms with Gasteiger partial charge in [0, 0.05) is 12.2 Å². The maximum Gasteiger partial charge on any atom is 0.142 e. The third-order valence-electron chi connectivity index (χ3n) is 2.62. The van der Waals surface area contributed by atoms with Crippen molar-refractivity contribution in [2.75, 3.05) is 18.2 Å². The molecular formula is C14H15FN2O. The highest BCUT2D eigenvalue weighted by Gasteiger charge is 2.03. The van der Waals surface area contributed by atoms with Crippen LogP contribution in [0.1, 0.15) is 5.56 Å². The van der Waals surface area contributed by atoms with Gasteiger partial charge in [-0.05, 0) is 35.9 Å². The van der Waals surface area contributed by atoms with Gasteiger partial charge in [-0.15, -0.1) is 0 Å². The number of hydrogen-bond acceptors (Lipinski definition) is 3. The highest BCUT2D eigenvalue weighted by molar-refractivity contribution is 5.63. The van der Waals surface area contributed by atoms with Crippen molar-refractivity contribution in [3.63, 3.8) is 0 Å². The van der Waals surface area contributed by atoms with Gasteiger partial charge in [0.25, 0.3) is 0 Å². The first-order valence-electron chi connectivity index (χ1n) is 5.61. The molecule has 0 saturated heterocycles. The molecule has 0 bridgehead atoms. The van der Waals surface area contributed by atoms with Crippen LogP contribution in [0.3, 0.4) is 0 Å². The molecule has 2 aromatic carbocycles. The minimum Gasteiger partial charge on any atom is -0.495 e. The van der Waals surface area contributed by atoms with Crippen molar-refractivity contribution in [2.24, 2.45) is 0 Å². The van der Waals surface area contributed by atoms with Crippen LogP contribution in [0.25, 0.3) is 0 Å². The summed E-state index contributed by atoms with van der Waals surface area (Å²) in [7, 11) is 1.61. The van der Waals surface area contributed by atoms with Crippen LogP contribution in [0.4, 0.5) is 15.8 Å². The number of nitrogens with two attached hydrogens (primary N) is 1. The Morgan fingerprint density at radius 1 is 1.17 bits per heavy atom. The standard InChI is InChI=1S/C14H15FN2O/c1-18-14-7-6-12(16)8-13(14)17-9-10-2-4-11(15)5-3-10/h2-8,17H,9,16H2,1H3. The van der Waals surface area contributed by atoms with E-state index in [1.165, 1.54) is 12.1 Å². The third kappa shape index (κ3) is 2.91. The maximum atomic E-state index is 12.8. The number of ether oxygens (including phenoxy) is 1. The van der Waals surface area contributed by atoms with E-state index in [4.69, 9.17) is 10.5 Å². The summed E-state index contributed by atoms with van der Waals surface area (Å²) in [5.41, 5.74) is 8.20. The SMILES string of the molecule is COc1ccc(N)cc1NCc1ccc(F)cc1. The van der Waals surface area contributed by atoms with Gasteiger partial charge in [-0.25, -0.2) is 4.39 Å². The van der Waals surface area contributed by atoms with Crippen molar-refractivity contribution in [1.82, 2.24) is 0 Å². The van der Waals surface area contributed by atoms with Crippen LogP contribution in [-0.4, -0.2) is 7.11 Å². The van der Waals surface area contributed by atoms with Crippen molar-refractivity contribution in [3.8, 4) is 5.75 Å². The molecular weight excluding hydrogens is 231 g/mol. The molecule has 0 spiro atoms. The molecule has 0 saturated carbocycles. The molecule has 0 aliphatic heterocycles. The van der Waals surface area contributed by atoms with Crippen LogP contribution in [0, 0.1) is 5.82 Å². The molecule has 0 radical (unpaired) electrons. The number of benzene rings is 2. The number of anilines is 2. The summed E-state index contributed by atoms with van der Waals surface area (Å²) in [6, 6.07) is 11.7. The molecule has 18 heavy (non-hydrogen) atoms. The van der Waals surface area contributed by atoms with Gasteiger partial charge in [-0.3, -0.25) is 0 Å². The van der Waals surface area contributed by atoms with Gasteiger partial charge in [0.15, 0.2) is 0 Å². The molecule has 0 aliphatic rings. The maximum absolute atomic E-state index is 12.8. The number of methoxy groups -OCH3 is 1. The zero-order valence-electron chi connectivity index (χ0n) is 10.1. The zero-order valence-corrected chi connectivity index (χ0v) is 10.1. The van der Waals surface area contributed by atoms with E-state index in [-0.39, 0.29) is 5.82 Å². The Hall–Kier alpha value is -2.23. The van der Waals surface area contributed by atoms with Crippen LogP contribution in [0.2, 0.25) is 0 Å². The van der Waals surface area contributed by atoms with Crippen molar-refractivity contribution in [2.45, 2.75) is 6.54 Å². The van der Waals surface area contributed by atoms with Gasteiger partial charge in [0.2, 0.25) is 0 Å². The summed E-state index contributed by atoms with van der Waals surface area (Å²) in [6.45, 7) is 0.583. The quantitative estimate of drug-likeness (QED) is 0.815. The molecule has 0 unspecified atom stereocenters. The summed E-state index contributed by atoms with van der Waals surface area (Å²) in [5.74, 6) is 0.492. The Balaban J connectivity index is 2.09. The van der Waals surface area contributed by atoms with Crippen LogP contribution < -0.4 is 15.8 Å². The summed E-state index contributed by atoms with van der Waals surface area (Å²) in [5, 5.41) is 3.21. The molecule has 0 atom stereocenters. The minimum atomic E-state index is -0.236. The van der Waals surface area contributed by atoms with E-state index in [1.807, 2.05) is 12.1 Å². The highest BCUT2D eigenvalue weighted by atomic mass is 19.1. The van der Waals surface area contributed by atoms with Gasteiger partial charge in [-0.1, -0.05) is 12.1 Å². The van der Waals surface area contributed by atoms with Gasteiger partial charge in [0.05, 0.1) is 12.8 Å². The fourth-order valence-electron chi connectivity index (χ4n) is 1.66. The van der Waals surface area contributed by atoms with E-state index in [0.29, 0.717) is 12.2 Å². The van der Waals surface area contributed by atoms with Gasteiger partial charge in [0.1, 0.15) is 11.6 Å².